The fourth-order valence-corrected chi connectivity index (χ4v) is 3.66. The lowest BCUT2D eigenvalue weighted by atomic mass is 9.84. The Bertz CT molecular complexity index is 270. The average molecular weight is 297 g/mol. The number of rotatable bonds is 9. The first-order valence-electron chi connectivity index (χ1n) is 9.31. The quantitative estimate of drug-likeness (QED) is 0.664. The van der Waals surface area contributed by atoms with Crippen molar-refractivity contribution in [3.8, 4) is 0 Å². The van der Waals surface area contributed by atoms with Gasteiger partial charge in [-0.3, -0.25) is 0 Å². The van der Waals surface area contributed by atoms with E-state index in [1.54, 1.807) is 0 Å². The molecular formula is C19H40N2. The number of hydrogen-bond donors (Lipinski definition) is 1. The van der Waals surface area contributed by atoms with Crippen LogP contribution in [0.1, 0.15) is 80.1 Å². The van der Waals surface area contributed by atoms with Gasteiger partial charge in [0.15, 0.2) is 0 Å². The van der Waals surface area contributed by atoms with Gasteiger partial charge in [0.05, 0.1) is 0 Å². The summed E-state index contributed by atoms with van der Waals surface area (Å²) < 4.78 is 0. The van der Waals surface area contributed by atoms with Crippen molar-refractivity contribution in [3.63, 3.8) is 0 Å². The van der Waals surface area contributed by atoms with Crippen LogP contribution >= 0.6 is 0 Å². The lowest BCUT2D eigenvalue weighted by Crippen LogP contribution is -2.48. The molecule has 1 saturated carbocycles. The molecule has 0 atom stereocenters. The lowest BCUT2D eigenvalue weighted by molar-refractivity contribution is 0.127. The molecule has 0 heterocycles. The van der Waals surface area contributed by atoms with Gasteiger partial charge in [0.2, 0.25) is 0 Å². The van der Waals surface area contributed by atoms with E-state index >= 15 is 0 Å². The average Bonchev–Trinajstić information content (AvgIpc) is 2.89. The van der Waals surface area contributed by atoms with E-state index in [0.717, 1.165) is 5.92 Å². The van der Waals surface area contributed by atoms with Crippen LogP contribution in [0, 0.1) is 11.3 Å². The molecule has 21 heavy (non-hydrogen) atoms. The van der Waals surface area contributed by atoms with Gasteiger partial charge in [-0.2, -0.15) is 0 Å². The summed E-state index contributed by atoms with van der Waals surface area (Å²) >= 11 is 0. The molecule has 0 aromatic carbocycles. The van der Waals surface area contributed by atoms with Crippen molar-refractivity contribution in [3.05, 3.63) is 0 Å². The van der Waals surface area contributed by atoms with Gasteiger partial charge in [-0.25, -0.2) is 0 Å². The zero-order chi connectivity index (χ0) is 15.9. The van der Waals surface area contributed by atoms with Gasteiger partial charge >= 0.3 is 0 Å². The molecule has 0 unspecified atom stereocenters. The second-order valence-corrected chi connectivity index (χ2v) is 8.32. The molecule has 0 aromatic heterocycles. The van der Waals surface area contributed by atoms with Crippen LogP contribution in [0.5, 0.6) is 0 Å². The highest BCUT2D eigenvalue weighted by Gasteiger charge is 2.36. The van der Waals surface area contributed by atoms with Crippen LogP contribution in [-0.2, 0) is 0 Å². The molecule has 126 valence electrons. The molecule has 1 aliphatic rings. The maximum Gasteiger partial charge on any atom is 0.00967 e. The van der Waals surface area contributed by atoms with Crippen molar-refractivity contribution in [1.82, 2.24) is 10.2 Å². The van der Waals surface area contributed by atoms with Crippen molar-refractivity contribution in [1.29, 1.82) is 0 Å². The maximum absolute atomic E-state index is 3.79. The zero-order valence-corrected chi connectivity index (χ0v) is 15.6. The van der Waals surface area contributed by atoms with Gasteiger partial charge < -0.3 is 10.2 Å². The van der Waals surface area contributed by atoms with E-state index in [2.05, 4.69) is 51.8 Å². The molecule has 2 heteroatoms. The summed E-state index contributed by atoms with van der Waals surface area (Å²) in [5.41, 5.74) is 0.761. The summed E-state index contributed by atoms with van der Waals surface area (Å²) in [6.45, 7) is 18.9. The van der Waals surface area contributed by atoms with Gasteiger partial charge in [0, 0.05) is 25.2 Å². The monoisotopic (exact) mass is 296 g/mol. The predicted octanol–water partition coefficient (Wildman–Crippen LogP) is 4.69. The SMILES string of the molecule is CCC(CC)CN(CC)CC1(CNC(C)(C)C)CCCC1. The smallest absolute Gasteiger partial charge is 0.00967 e. The minimum Gasteiger partial charge on any atom is -0.311 e. The van der Waals surface area contributed by atoms with Crippen LogP contribution in [0.3, 0.4) is 0 Å². The van der Waals surface area contributed by atoms with Gasteiger partial charge in [-0.05, 0) is 51.5 Å². The lowest BCUT2D eigenvalue weighted by Gasteiger charge is -2.38. The molecule has 0 aliphatic heterocycles. The van der Waals surface area contributed by atoms with Crippen LogP contribution in [0.25, 0.3) is 0 Å². The summed E-state index contributed by atoms with van der Waals surface area (Å²) in [4.78, 5) is 2.73. The number of nitrogens with zero attached hydrogens (tertiary/aromatic N) is 1. The van der Waals surface area contributed by atoms with Crippen molar-refractivity contribution in [2.75, 3.05) is 26.2 Å². The first-order chi connectivity index (χ1) is 9.84. The van der Waals surface area contributed by atoms with Gasteiger partial charge in [-0.1, -0.05) is 46.5 Å². The molecule has 0 saturated heterocycles. The van der Waals surface area contributed by atoms with E-state index in [1.807, 2.05) is 0 Å². The Morgan fingerprint density at radius 2 is 1.62 bits per heavy atom. The number of nitrogens with one attached hydrogen (secondary N) is 1. The summed E-state index contributed by atoms with van der Waals surface area (Å²) in [5.74, 6) is 0.874. The first kappa shape index (κ1) is 19.0. The zero-order valence-electron chi connectivity index (χ0n) is 15.6. The van der Waals surface area contributed by atoms with Crippen molar-refractivity contribution >= 4 is 0 Å². The van der Waals surface area contributed by atoms with Crippen LogP contribution in [0.4, 0.5) is 0 Å². The fourth-order valence-electron chi connectivity index (χ4n) is 3.66. The Morgan fingerprint density at radius 1 is 1.05 bits per heavy atom. The van der Waals surface area contributed by atoms with E-state index in [0.29, 0.717) is 5.41 Å². The largest absolute Gasteiger partial charge is 0.311 e. The number of hydrogen-bond acceptors (Lipinski definition) is 2. The molecule has 0 radical (unpaired) electrons. The normalized spacial score (nSPS) is 18.9. The highest BCUT2D eigenvalue weighted by molar-refractivity contribution is 4.91. The van der Waals surface area contributed by atoms with E-state index < -0.39 is 0 Å². The van der Waals surface area contributed by atoms with E-state index in [9.17, 15) is 0 Å². The topological polar surface area (TPSA) is 15.3 Å². The Balaban J connectivity index is 2.62. The van der Waals surface area contributed by atoms with Crippen LogP contribution in [0.2, 0.25) is 0 Å². The minimum atomic E-state index is 0.238. The molecule has 0 aromatic rings. The standard InChI is InChI=1S/C19H40N2/c1-7-17(8-2)14-21(9-3)16-19(12-10-11-13-19)15-20-18(4,5)6/h17,20H,7-16H2,1-6H3. The second kappa shape index (κ2) is 8.53. The van der Waals surface area contributed by atoms with Gasteiger partial charge in [0.25, 0.3) is 0 Å². The summed E-state index contributed by atoms with van der Waals surface area (Å²) in [5, 5.41) is 3.79. The van der Waals surface area contributed by atoms with E-state index in [-0.39, 0.29) is 5.54 Å². The second-order valence-electron chi connectivity index (χ2n) is 8.32. The molecule has 0 bridgehead atoms. The maximum atomic E-state index is 3.79. The molecule has 1 N–H and O–H groups in total. The highest BCUT2D eigenvalue weighted by atomic mass is 15.1. The predicted molar refractivity (Wildman–Crippen MR) is 94.8 cm³/mol. The van der Waals surface area contributed by atoms with Crippen LogP contribution < -0.4 is 5.32 Å². The van der Waals surface area contributed by atoms with E-state index in [1.165, 1.54) is 64.7 Å². The van der Waals surface area contributed by atoms with Crippen molar-refractivity contribution in [2.24, 2.45) is 11.3 Å². The Hall–Kier alpha value is -0.0800. The molecule has 2 nitrogen and oxygen atoms in total. The molecular weight excluding hydrogens is 256 g/mol. The molecule has 1 aliphatic carbocycles. The summed E-state index contributed by atoms with van der Waals surface area (Å²) in [7, 11) is 0. The Labute approximate surface area is 134 Å². The molecule has 0 spiro atoms. The molecule has 1 fully saturated rings. The fraction of sp³-hybridized carbons (Fsp3) is 1.00. The van der Waals surface area contributed by atoms with Gasteiger partial charge in [-0.15, -0.1) is 0 Å². The third kappa shape index (κ3) is 6.69. The molecule has 0 amide bonds. The summed E-state index contributed by atoms with van der Waals surface area (Å²) in [6, 6.07) is 0. The van der Waals surface area contributed by atoms with E-state index in [4.69, 9.17) is 0 Å². The Kier molecular flexibility index (Phi) is 7.70. The van der Waals surface area contributed by atoms with Crippen molar-refractivity contribution < 1.29 is 0 Å². The summed E-state index contributed by atoms with van der Waals surface area (Å²) in [6.07, 6.45) is 8.31. The van der Waals surface area contributed by atoms with Crippen molar-refractivity contribution in [2.45, 2.75) is 85.6 Å². The first-order valence-corrected chi connectivity index (χ1v) is 9.31. The minimum absolute atomic E-state index is 0.238. The van der Waals surface area contributed by atoms with Gasteiger partial charge in [0.1, 0.15) is 0 Å². The third-order valence-corrected chi connectivity index (χ3v) is 5.34. The Morgan fingerprint density at radius 3 is 2.05 bits per heavy atom. The third-order valence-electron chi connectivity index (χ3n) is 5.34. The van der Waals surface area contributed by atoms with Crippen LogP contribution in [-0.4, -0.2) is 36.6 Å². The molecule has 1 rings (SSSR count). The highest BCUT2D eigenvalue weighted by Crippen LogP contribution is 2.39. The van der Waals surface area contributed by atoms with Crippen LogP contribution in [0.15, 0.2) is 0 Å².